The van der Waals surface area contributed by atoms with Crippen LogP contribution in [0.5, 0.6) is 0 Å². The molecule has 0 aliphatic heterocycles. The van der Waals surface area contributed by atoms with E-state index in [0.29, 0.717) is 22.5 Å². The molecule has 0 aliphatic rings. The molecule has 1 heterocycles. The summed E-state index contributed by atoms with van der Waals surface area (Å²) in [6, 6.07) is 9.95. The Bertz CT molecular complexity index is 907. The summed E-state index contributed by atoms with van der Waals surface area (Å²) in [6.45, 7) is 1.75. The highest BCUT2D eigenvalue weighted by Crippen LogP contribution is 2.31. The molecule has 0 amide bonds. The molecule has 22 heavy (non-hydrogen) atoms. The molecule has 4 nitrogen and oxygen atoms in total. The van der Waals surface area contributed by atoms with Crippen molar-refractivity contribution in [1.29, 1.82) is 0 Å². The number of benzene rings is 2. The molecule has 0 radical (unpaired) electrons. The molecule has 0 bridgehead atoms. The standard InChI is InChI=1S/C17H13FN2O2/c1-9-2-5-13(17(21)22)16(18)15(9)11-4-3-10-7-14(19)20-8-12(10)6-11/h2-8H,1H3,(H2,19,20)(H,21,22). The molecule has 0 unspecified atom stereocenters. The summed E-state index contributed by atoms with van der Waals surface area (Å²) < 4.78 is 14.5. The van der Waals surface area contributed by atoms with Crippen molar-refractivity contribution < 1.29 is 14.3 Å². The number of halogens is 1. The summed E-state index contributed by atoms with van der Waals surface area (Å²) in [6.07, 6.45) is 1.61. The number of carboxylic acid groups (broad SMARTS) is 1. The molecule has 3 aromatic rings. The van der Waals surface area contributed by atoms with Gasteiger partial charge in [0.1, 0.15) is 11.6 Å². The first-order valence-electron chi connectivity index (χ1n) is 6.65. The van der Waals surface area contributed by atoms with Crippen LogP contribution >= 0.6 is 0 Å². The van der Waals surface area contributed by atoms with Gasteiger partial charge in [0.05, 0.1) is 5.56 Å². The number of nitrogens with zero attached hydrogens (tertiary/aromatic N) is 1. The van der Waals surface area contributed by atoms with Crippen molar-refractivity contribution in [3.05, 3.63) is 59.5 Å². The van der Waals surface area contributed by atoms with Crippen LogP contribution in [0.1, 0.15) is 15.9 Å². The Morgan fingerprint density at radius 3 is 2.68 bits per heavy atom. The molecule has 110 valence electrons. The van der Waals surface area contributed by atoms with Gasteiger partial charge >= 0.3 is 5.97 Å². The van der Waals surface area contributed by atoms with Crippen LogP contribution < -0.4 is 5.73 Å². The molecule has 2 aromatic carbocycles. The second-order valence-electron chi connectivity index (χ2n) is 5.10. The highest BCUT2D eigenvalue weighted by atomic mass is 19.1. The zero-order chi connectivity index (χ0) is 15.9. The summed E-state index contributed by atoms with van der Waals surface area (Å²) >= 11 is 0. The molecule has 0 saturated carbocycles. The first kappa shape index (κ1) is 14.0. The lowest BCUT2D eigenvalue weighted by molar-refractivity contribution is 0.0692. The van der Waals surface area contributed by atoms with Crippen molar-refractivity contribution in [2.24, 2.45) is 0 Å². The lowest BCUT2D eigenvalue weighted by atomic mass is 9.95. The number of nitrogen functional groups attached to an aromatic ring is 1. The van der Waals surface area contributed by atoms with E-state index in [1.54, 1.807) is 37.4 Å². The van der Waals surface area contributed by atoms with E-state index in [1.165, 1.54) is 6.07 Å². The van der Waals surface area contributed by atoms with Crippen LogP contribution in [0.2, 0.25) is 0 Å². The Kier molecular flexibility index (Phi) is 3.25. The molecule has 0 atom stereocenters. The van der Waals surface area contributed by atoms with E-state index in [2.05, 4.69) is 4.98 Å². The maximum atomic E-state index is 14.5. The van der Waals surface area contributed by atoms with Crippen LogP contribution in [0.3, 0.4) is 0 Å². The largest absolute Gasteiger partial charge is 0.478 e. The van der Waals surface area contributed by atoms with Crippen LogP contribution in [0.25, 0.3) is 21.9 Å². The number of aryl methyl sites for hydroxylation is 1. The summed E-state index contributed by atoms with van der Waals surface area (Å²) in [5.41, 5.74) is 6.87. The van der Waals surface area contributed by atoms with Crippen LogP contribution in [-0.4, -0.2) is 16.1 Å². The van der Waals surface area contributed by atoms with Gasteiger partial charge in [0.2, 0.25) is 0 Å². The Labute approximate surface area is 126 Å². The number of anilines is 1. The van der Waals surface area contributed by atoms with Crippen molar-refractivity contribution in [3.63, 3.8) is 0 Å². The van der Waals surface area contributed by atoms with E-state index in [-0.39, 0.29) is 5.56 Å². The maximum absolute atomic E-state index is 14.5. The number of aromatic nitrogens is 1. The Balaban J connectivity index is 2.25. The highest BCUT2D eigenvalue weighted by Gasteiger charge is 2.17. The number of hydrogen-bond donors (Lipinski definition) is 2. The highest BCUT2D eigenvalue weighted by molar-refractivity contribution is 5.92. The van der Waals surface area contributed by atoms with E-state index in [4.69, 9.17) is 10.8 Å². The molecular formula is C17H13FN2O2. The van der Waals surface area contributed by atoms with E-state index in [9.17, 15) is 9.18 Å². The Morgan fingerprint density at radius 1 is 1.18 bits per heavy atom. The predicted molar refractivity (Wildman–Crippen MR) is 83.2 cm³/mol. The molecule has 0 spiro atoms. The number of pyridine rings is 1. The number of nitrogens with two attached hydrogens (primary N) is 1. The average Bonchev–Trinajstić information content (AvgIpc) is 2.47. The molecule has 3 N–H and O–H groups in total. The van der Waals surface area contributed by atoms with Crippen LogP contribution in [0.4, 0.5) is 10.2 Å². The van der Waals surface area contributed by atoms with Crippen molar-refractivity contribution in [1.82, 2.24) is 4.98 Å². The quantitative estimate of drug-likeness (QED) is 0.757. The van der Waals surface area contributed by atoms with E-state index in [0.717, 1.165) is 10.8 Å². The number of rotatable bonds is 2. The Hall–Kier alpha value is -2.95. The monoisotopic (exact) mass is 296 g/mol. The van der Waals surface area contributed by atoms with Crippen molar-refractivity contribution >= 4 is 22.6 Å². The van der Waals surface area contributed by atoms with Gasteiger partial charge in [-0.2, -0.15) is 0 Å². The van der Waals surface area contributed by atoms with Crippen molar-refractivity contribution in [2.45, 2.75) is 6.92 Å². The minimum absolute atomic E-state index is 0.290. The zero-order valence-corrected chi connectivity index (χ0v) is 11.8. The fourth-order valence-electron chi connectivity index (χ4n) is 2.51. The molecule has 0 aliphatic carbocycles. The minimum atomic E-state index is -1.28. The Morgan fingerprint density at radius 2 is 1.95 bits per heavy atom. The van der Waals surface area contributed by atoms with Crippen LogP contribution in [-0.2, 0) is 0 Å². The van der Waals surface area contributed by atoms with E-state index < -0.39 is 11.8 Å². The maximum Gasteiger partial charge on any atom is 0.338 e. The molecule has 0 saturated heterocycles. The topological polar surface area (TPSA) is 76.2 Å². The second-order valence-corrected chi connectivity index (χ2v) is 5.10. The third kappa shape index (κ3) is 2.26. The van der Waals surface area contributed by atoms with E-state index >= 15 is 0 Å². The van der Waals surface area contributed by atoms with Gasteiger partial charge in [0.25, 0.3) is 0 Å². The van der Waals surface area contributed by atoms with Gasteiger partial charge in [-0.1, -0.05) is 18.2 Å². The van der Waals surface area contributed by atoms with Gasteiger partial charge in [-0.15, -0.1) is 0 Å². The molecular weight excluding hydrogens is 283 g/mol. The van der Waals surface area contributed by atoms with Gasteiger partial charge in [-0.3, -0.25) is 0 Å². The fraction of sp³-hybridized carbons (Fsp3) is 0.0588. The summed E-state index contributed by atoms with van der Waals surface area (Å²) in [5.74, 6) is -1.60. The molecule has 0 fully saturated rings. The normalized spacial score (nSPS) is 10.8. The number of carbonyl (C=O) groups is 1. The lowest BCUT2D eigenvalue weighted by Crippen LogP contribution is -2.03. The zero-order valence-electron chi connectivity index (χ0n) is 11.8. The first-order chi connectivity index (χ1) is 10.5. The van der Waals surface area contributed by atoms with Crippen LogP contribution in [0.15, 0.2) is 42.6 Å². The van der Waals surface area contributed by atoms with Gasteiger partial charge in [-0.25, -0.2) is 14.2 Å². The van der Waals surface area contributed by atoms with E-state index in [1.807, 2.05) is 6.07 Å². The summed E-state index contributed by atoms with van der Waals surface area (Å²) in [7, 11) is 0. The minimum Gasteiger partial charge on any atom is -0.478 e. The predicted octanol–water partition coefficient (Wildman–Crippen LogP) is 3.63. The fourth-order valence-corrected chi connectivity index (χ4v) is 2.51. The molecule has 5 heteroatoms. The lowest BCUT2D eigenvalue weighted by Gasteiger charge is -2.11. The van der Waals surface area contributed by atoms with Crippen molar-refractivity contribution in [2.75, 3.05) is 5.73 Å². The number of hydrogen-bond acceptors (Lipinski definition) is 3. The van der Waals surface area contributed by atoms with Gasteiger partial charge in [-0.05, 0) is 41.6 Å². The third-order valence-electron chi connectivity index (χ3n) is 3.61. The van der Waals surface area contributed by atoms with Gasteiger partial charge in [0.15, 0.2) is 0 Å². The molecule has 3 rings (SSSR count). The van der Waals surface area contributed by atoms with Gasteiger partial charge in [0, 0.05) is 17.1 Å². The average molecular weight is 296 g/mol. The molecule has 1 aromatic heterocycles. The first-order valence-corrected chi connectivity index (χ1v) is 6.65. The third-order valence-corrected chi connectivity index (χ3v) is 3.61. The van der Waals surface area contributed by atoms with Crippen LogP contribution in [0, 0.1) is 12.7 Å². The summed E-state index contributed by atoms with van der Waals surface area (Å²) in [4.78, 5) is 15.1. The second kappa shape index (κ2) is 5.11. The van der Waals surface area contributed by atoms with Crippen molar-refractivity contribution in [3.8, 4) is 11.1 Å². The number of aromatic carboxylic acids is 1. The number of fused-ring (bicyclic) bond motifs is 1. The summed E-state index contributed by atoms with van der Waals surface area (Å²) in [5, 5.41) is 10.8. The SMILES string of the molecule is Cc1ccc(C(=O)O)c(F)c1-c1ccc2cc(N)ncc2c1. The van der Waals surface area contributed by atoms with Gasteiger partial charge < -0.3 is 10.8 Å². The smallest absolute Gasteiger partial charge is 0.338 e. The number of carboxylic acids is 1.